The summed E-state index contributed by atoms with van der Waals surface area (Å²) in [6.07, 6.45) is -3.16. The van der Waals surface area contributed by atoms with Crippen LogP contribution in [0.15, 0.2) is 41.7 Å². The summed E-state index contributed by atoms with van der Waals surface area (Å²) in [4.78, 5) is 21.8. The number of hydrogen-bond donors (Lipinski definition) is 1. The Labute approximate surface area is 190 Å². The van der Waals surface area contributed by atoms with Crippen molar-refractivity contribution in [1.29, 1.82) is 0 Å². The maximum absolute atomic E-state index is 13.2. The predicted octanol–water partition coefficient (Wildman–Crippen LogP) is 5.32. The number of hydrogen-bond acceptors (Lipinski definition) is 4. The summed E-state index contributed by atoms with van der Waals surface area (Å²) in [5.74, 6) is 5.14. The van der Waals surface area contributed by atoms with Gasteiger partial charge in [0.05, 0.1) is 22.7 Å². The number of alkyl halides is 3. The van der Waals surface area contributed by atoms with Crippen molar-refractivity contribution in [1.82, 2.24) is 10.3 Å². The SMILES string of the molecule is CCO/N=C(\CNC(=O)c1ccccc1C(F)(F)F)c1ncc(C#CC(C)(C)C)cc1Cl. The highest BCUT2D eigenvalue weighted by atomic mass is 35.5. The first kappa shape index (κ1) is 25.2. The van der Waals surface area contributed by atoms with Gasteiger partial charge in [-0.15, -0.1) is 0 Å². The van der Waals surface area contributed by atoms with Crippen LogP contribution < -0.4 is 5.32 Å². The largest absolute Gasteiger partial charge is 0.417 e. The second-order valence-electron chi connectivity index (χ2n) is 7.74. The summed E-state index contributed by atoms with van der Waals surface area (Å²) in [7, 11) is 0. The number of nitrogens with zero attached hydrogens (tertiary/aromatic N) is 2. The number of benzene rings is 1. The Morgan fingerprint density at radius 1 is 1.25 bits per heavy atom. The molecule has 1 aromatic carbocycles. The van der Waals surface area contributed by atoms with Crippen LogP contribution in [0.5, 0.6) is 0 Å². The van der Waals surface area contributed by atoms with Crippen LogP contribution in [0, 0.1) is 17.3 Å². The fourth-order valence-electron chi connectivity index (χ4n) is 2.47. The number of carbonyl (C=O) groups excluding carboxylic acids is 1. The molecule has 0 radical (unpaired) electrons. The molecule has 0 aliphatic rings. The average Bonchev–Trinajstić information content (AvgIpc) is 2.71. The lowest BCUT2D eigenvalue weighted by molar-refractivity contribution is -0.137. The lowest BCUT2D eigenvalue weighted by Gasteiger charge is -2.13. The standard InChI is InChI=1S/C23H23ClF3N3O2/c1-5-32-30-19(20-18(24)12-15(13-28-20)10-11-22(2,3)4)14-29-21(31)16-8-6-7-9-17(16)23(25,26)27/h6-9,12-13H,5,14H2,1-4H3,(H,29,31)/b30-19+. The van der Waals surface area contributed by atoms with Gasteiger partial charge in [-0.1, -0.05) is 40.7 Å². The van der Waals surface area contributed by atoms with Crippen LogP contribution in [0.1, 0.15) is 54.9 Å². The van der Waals surface area contributed by atoms with Crippen molar-refractivity contribution in [3.63, 3.8) is 0 Å². The minimum Gasteiger partial charge on any atom is -0.396 e. The van der Waals surface area contributed by atoms with Gasteiger partial charge in [-0.2, -0.15) is 13.2 Å². The summed E-state index contributed by atoms with van der Waals surface area (Å²) in [5, 5.41) is 6.57. The highest BCUT2D eigenvalue weighted by Crippen LogP contribution is 2.31. The zero-order valence-electron chi connectivity index (χ0n) is 18.1. The van der Waals surface area contributed by atoms with E-state index in [0.717, 1.165) is 12.1 Å². The van der Waals surface area contributed by atoms with E-state index >= 15 is 0 Å². The number of aromatic nitrogens is 1. The van der Waals surface area contributed by atoms with Crippen LogP contribution in [0.4, 0.5) is 13.2 Å². The lowest BCUT2D eigenvalue weighted by atomic mass is 9.97. The number of oxime groups is 1. The fraction of sp³-hybridized carbons (Fsp3) is 0.348. The van der Waals surface area contributed by atoms with Gasteiger partial charge in [0.2, 0.25) is 0 Å². The Balaban J connectivity index is 2.28. The van der Waals surface area contributed by atoms with E-state index in [2.05, 4.69) is 27.3 Å². The second kappa shape index (κ2) is 10.5. The molecular formula is C23H23ClF3N3O2. The zero-order chi connectivity index (χ0) is 23.9. The molecule has 0 fully saturated rings. The van der Waals surface area contributed by atoms with Gasteiger partial charge in [0.1, 0.15) is 18.0 Å². The Bertz CT molecular complexity index is 1060. The van der Waals surface area contributed by atoms with Gasteiger partial charge in [-0.25, -0.2) is 0 Å². The first-order valence-corrected chi connectivity index (χ1v) is 10.1. The molecule has 9 heteroatoms. The molecule has 32 heavy (non-hydrogen) atoms. The minimum atomic E-state index is -4.66. The third kappa shape index (κ3) is 7.27. The van der Waals surface area contributed by atoms with Gasteiger partial charge in [0.15, 0.2) is 0 Å². The Morgan fingerprint density at radius 3 is 2.53 bits per heavy atom. The Kier molecular flexibility index (Phi) is 8.28. The topological polar surface area (TPSA) is 63.6 Å². The first-order valence-electron chi connectivity index (χ1n) is 9.74. The molecule has 1 aromatic heterocycles. The molecule has 0 spiro atoms. The first-order chi connectivity index (χ1) is 14.9. The van der Waals surface area contributed by atoms with E-state index in [1.165, 1.54) is 18.3 Å². The average molecular weight is 466 g/mol. The van der Waals surface area contributed by atoms with E-state index in [4.69, 9.17) is 16.4 Å². The van der Waals surface area contributed by atoms with Gasteiger partial charge in [-0.05, 0) is 45.9 Å². The third-order valence-corrected chi connectivity index (χ3v) is 4.18. The summed E-state index contributed by atoms with van der Waals surface area (Å²) >= 11 is 6.34. The Hall–Kier alpha value is -3.05. The molecule has 1 heterocycles. The maximum atomic E-state index is 13.2. The van der Waals surface area contributed by atoms with Crippen molar-refractivity contribution in [2.45, 2.75) is 33.9 Å². The summed E-state index contributed by atoms with van der Waals surface area (Å²) < 4.78 is 39.6. The molecule has 0 unspecified atom stereocenters. The molecule has 2 rings (SSSR count). The molecule has 5 nitrogen and oxygen atoms in total. The van der Waals surface area contributed by atoms with Gasteiger partial charge >= 0.3 is 6.18 Å². The molecule has 0 bridgehead atoms. The summed E-state index contributed by atoms with van der Waals surface area (Å²) in [6, 6.07) is 6.13. The number of halogens is 4. The molecule has 0 aliphatic carbocycles. The molecule has 0 saturated carbocycles. The van der Waals surface area contributed by atoms with Gasteiger partial charge in [0.25, 0.3) is 5.91 Å². The van der Waals surface area contributed by atoms with Gasteiger partial charge < -0.3 is 10.2 Å². The predicted molar refractivity (Wildman–Crippen MR) is 118 cm³/mol. The van der Waals surface area contributed by atoms with E-state index < -0.39 is 23.2 Å². The van der Waals surface area contributed by atoms with E-state index in [1.54, 1.807) is 13.0 Å². The maximum Gasteiger partial charge on any atom is 0.417 e. The lowest BCUT2D eigenvalue weighted by Crippen LogP contribution is -2.32. The Morgan fingerprint density at radius 2 is 1.94 bits per heavy atom. The second-order valence-corrected chi connectivity index (χ2v) is 8.14. The summed E-state index contributed by atoms with van der Waals surface area (Å²) in [6.45, 7) is 7.60. The van der Waals surface area contributed by atoms with Crippen molar-refractivity contribution in [2.75, 3.05) is 13.2 Å². The minimum absolute atomic E-state index is 0.157. The number of rotatable bonds is 6. The van der Waals surface area contributed by atoms with Crippen LogP contribution in [0.3, 0.4) is 0 Å². The molecule has 1 N–H and O–H groups in total. The highest BCUT2D eigenvalue weighted by molar-refractivity contribution is 6.34. The van der Waals surface area contributed by atoms with E-state index in [-0.39, 0.29) is 35.0 Å². The van der Waals surface area contributed by atoms with Crippen LogP contribution >= 0.6 is 11.6 Å². The van der Waals surface area contributed by atoms with E-state index in [1.807, 2.05) is 20.8 Å². The number of amides is 1. The van der Waals surface area contributed by atoms with E-state index in [0.29, 0.717) is 5.56 Å². The smallest absolute Gasteiger partial charge is 0.396 e. The number of pyridine rings is 1. The summed E-state index contributed by atoms with van der Waals surface area (Å²) in [5.41, 5.74) is -0.756. The number of carbonyl (C=O) groups is 1. The van der Waals surface area contributed by atoms with Crippen molar-refractivity contribution < 1.29 is 22.8 Å². The monoisotopic (exact) mass is 465 g/mol. The normalized spacial score (nSPS) is 12.1. The van der Waals surface area contributed by atoms with Crippen LogP contribution in [-0.4, -0.2) is 29.8 Å². The molecule has 170 valence electrons. The highest BCUT2D eigenvalue weighted by Gasteiger charge is 2.34. The molecule has 0 saturated heterocycles. The van der Waals surface area contributed by atoms with Crippen molar-refractivity contribution in [2.24, 2.45) is 10.6 Å². The van der Waals surface area contributed by atoms with Crippen molar-refractivity contribution in [3.05, 3.63) is 63.9 Å². The van der Waals surface area contributed by atoms with Crippen LogP contribution in [-0.2, 0) is 11.0 Å². The van der Waals surface area contributed by atoms with E-state index in [9.17, 15) is 18.0 Å². The number of nitrogens with one attached hydrogen (secondary N) is 1. The molecule has 0 aliphatic heterocycles. The van der Waals surface area contributed by atoms with Gasteiger partial charge in [0, 0.05) is 17.2 Å². The molecule has 1 amide bonds. The zero-order valence-corrected chi connectivity index (χ0v) is 18.9. The van der Waals surface area contributed by atoms with Crippen LogP contribution in [0.2, 0.25) is 5.02 Å². The molecule has 2 aromatic rings. The third-order valence-electron chi connectivity index (χ3n) is 3.89. The van der Waals surface area contributed by atoms with Crippen molar-refractivity contribution in [3.8, 4) is 11.8 Å². The quantitative estimate of drug-likeness (QED) is 0.356. The molecule has 0 atom stereocenters. The van der Waals surface area contributed by atoms with Crippen molar-refractivity contribution >= 4 is 23.2 Å². The van der Waals surface area contributed by atoms with Gasteiger partial charge in [-0.3, -0.25) is 9.78 Å². The van der Waals surface area contributed by atoms with Crippen LogP contribution in [0.25, 0.3) is 0 Å². The molecular weight excluding hydrogens is 443 g/mol. The fourth-order valence-corrected chi connectivity index (χ4v) is 2.74.